The van der Waals surface area contributed by atoms with Gasteiger partial charge in [0.15, 0.2) is 0 Å². The number of hydrogen-bond acceptors (Lipinski definition) is 3. The fraction of sp³-hybridized carbons (Fsp3) is 0.333. The first-order valence-corrected chi connectivity index (χ1v) is 6.46. The summed E-state index contributed by atoms with van der Waals surface area (Å²) in [4.78, 5) is 8.62. The van der Waals surface area contributed by atoms with E-state index in [1.54, 1.807) is 6.33 Å². The average molecular weight is 239 g/mol. The number of anilines is 1. The zero-order valence-corrected chi connectivity index (χ0v) is 10.5. The zero-order valence-electron chi connectivity index (χ0n) is 10.5. The smallest absolute Gasteiger partial charge is 0.130 e. The van der Waals surface area contributed by atoms with Crippen LogP contribution in [0.3, 0.4) is 0 Å². The first kappa shape index (κ1) is 11.2. The van der Waals surface area contributed by atoms with Gasteiger partial charge >= 0.3 is 0 Å². The van der Waals surface area contributed by atoms with Gasteiger partial charge in [0.05, 0.1) is 0 Å². The van der Waals surface area contributed by atoms with E-state index in [0.717, 1.165) is 5.82 Å². The molecule has 1 unspecified atom stereocenters. The largest absolute Gasteiger partial charge is 0.363 e. The van der Waals surface area contributed by atoms with Gasteiger partial charge in [-0.15, -0.1) is 0 Å². The van der Waals surface area contributed by atoms with Crippen LogP contribution >= 0.6 is 0 Å². The number of hydrogen-bond donors (Lipinski definition) is 1. The number of aromatic nitrogens is 2. The molecular weight excluding hydrogens is 222 g/mol. The molecule has 1 fully saturated rings. The Bertz CT molecular complexity index is 520. The first-order valence-electron chi connectivity index (χ1n) is 6.46. The SMILES string of the molecule is CC(Nc1cc(C2CC2)ncn1)c1ccccc1. The van der Waals surface area contributed by atoms with Crippen molar-refractivity contribution in [1.29, 1.82) is 0 Å². The van der Waals surface area contributed by atoms with Crippen LogP contribution in [0.1, 0.15) is 43.0 Å². The molecule has 2 aromatic rings. The number of nitrogens with one attached hydrogen (secondary N) is 1. The predicted molar refractivity (Wildman–Crippen MR) is 72.5 cm³/mol. The van der Waals surface area contributed by atoms with Gasteiger partial charge in [-0.05, 0) is 25.3 Å². The van der Waals surface area contributed by atoms with E-state index in [0.29, 0.717) is 5.92 Å². The summed E-state index contributed by atoms with van der Waals surface area (Å²) in [5.41, 5.74) is 2.44. The summed E-state index contributed by atoms with van der Waals surface area (Å²) in [6, 6.07) is 12.7. The third kappa shape index (κ3) is 2.50. The molecule has 1 N–H and O–H groups in total. The summed E-state index contributed by atoms with van der Waals surface area (Å²) < 4.78 is 0. The van der Waals surface area contributed by atoms with Gasteiger partial charge < -0.3 is 5.32 Å². The highest BCUT2D eigenvalue weighted by Gasteiger charge is 2.25. The second-order valence-corrected chi connectivity index (χ2v) is 4.88. The van der Waals surface area contributed by atoms with Gasteiger partial charge in [-0.1, -0.05) is 30.3 Å². The van der Waals surface area contributed by atoms with E-state index in [9.17, 15) is 0 Å². The number of rotatable bonds is 4. The lowest BCUT2D eigenvalue weighted by Gasteiger charge is -2.15. The van der Waals surface area contributed by atoms with Gasteiger partial charge in [-0.2, -0.15) is 0 Å². The molecule has 1 heterocycles. The van der Waals surface area contributed by atoms with Crippen LogP contribution in [0.5, 0.6) is 0 Å². The monoisotopic (exact) mass is 239 g/mol. The van der Waals surface area contributed by atoms with Crippen molar-refractivity contribution in [2.24, 2.45) is 0 Å². The van der Waals surface area contributed by atoms with Crippen molar-refractivity contribution in [2.45, 2.75) is 31.7 Å². The first-order chi connectivity index (χ1) is 8.83. The van der Waals surface area contributed by atoms with Crippen molar-refractivity contribution in [3.63, 3.8) is 0 Å². The predicted octanol–water partition coefficient (Wildman–Crippen LogP) is 3.53. The van der Waals surface area contributed by atoms with E-state index in [-0.39, 0.29) is 6.04 Å². The Morgan fingerprint density at radius 3 is 2.67 bits per heavy atom. The molecule has 1 aromatic carbocycles. The Kier molecular flexibility index (Phi) is 2.97. The average Bonchev–Trinajstić information content (AvgIpc) is 3.24. The maximum atomic E-state index is 4.33. The molecular formula is C15H17N3. The normalized spacial score (nSPS) is 16.3. The van der Waals surface area contributed by atoms with Crippen molar-refractivity contribution >= 4 is 5.82 Å². The van der Waals surface area contributed by atoms with Gasteiger partial charge in [0.1, 0.15) is 12.1 Å². The molecule has 0 amide bonds. The molecule has 1 aliphatic carbocycles. The second-order valence-electron chi connectivity index (χ2n) is 4.88. The molecule has 3 heteroatoms. The Labute approximate surface area is 107 Å². The standard InChI is InChI=1S/C15H17N3/c1-11(12-5-3-2-4-6-12)18-15-9-14(13-7-8-13)16-10-17-15/h2-6,9-11,13H,7-8H2,1H3,(H,16,17,18). The molecule has 1 aromatic heterocycles. The highest BCUT2D eigenvalue weighted by Crippen LogP contribution is 2.39. The highest BCUT2D eigenvalue weighted by atomic mass is 15.0. The fourth-order valence-electron chi connectivity index (χ4n) is 2.10. The van der Waals surface area contributed by atoms with Crippen LogP contribution in [0, 0.1) is 0 Å². The van der Waals surface area contributed by atoms with Crippen LogP contribution in [0.2, 0.25) is 0 Å². The maximum Gasteiger partial charge on any atom is 0.130 e. The molecule has 0 bridgehead atoms. The van der Waals surface area contributed by atoms with E-state index in [1.807, 2.05) is 6.07 Å². The van der Waals surface area contributed by atoms with Gasteiger partial charge in [-0.3, -0.25) is 0 Å². The van der Waals surface area contributed by atoms with Crippen LogP contribution < -0.4 is 5.32 Å². The lowest BCUT2D eigenvalue weighted by atomic mass is 10.1. The topological polar surface area (TPSA) is 37.8 Å². The van der Waals surface area contributed by atoms with Crippen LogP contribution in [0.4, 0.5) is 5.82 Å². The Balaban J connectivity index is 1.74. The molecule has 0 spiro atoms. The lowest BCUT2D eigenvalue weighted by molar-refractivity contribution is 0.866. The minimum absolute atomic E-state index is 0.258. The summed E-state index contributed by atoms with van der Waals surface area (Å²) in [5, 5.41) is 3.43. The van der Waals surface area contributed by atoms with Crippen molar-refractivity contribution in [2.75, 3.05) is 5.32 Å². The third-order valence-electron chi connectivity index (χ3n) is 3.35. The van der Waals surface area contributed by atoms with E-state index in [4.69, 9.17) is 0 Å². The summed E-state index contributed by atoms with van der Waals surface area (Å²) in [6.45, 7) is 2.15. The molecule has 0 saturated heterocycles. The molecule has 0 radical (unpaired) electrons. The van der Waals surface area contributed by atoms with Crippen molar-refractivity contribution in [3.05, 3.63) is 54.0 Å². The molecule has 1 atom stereocenters. The van der Waals surface area contributed by atoms with E-state index in [1.165, 1.54) is 24.1 Å². The summed E-state index contributed by atoms with van der Waals surface area (Å²) in [5.74, 6) is 1.59. The highest BCUT2D eigenvalue weighted by molar-refractivity contribution is 5.39. The third-order valence-corrected chi connectivity index (χ3v) is 3.35. The van der Waals surface area contributed by atoms with Crippen molar-refractivity contribution in [1.82, 2.24) is 9.97 Å². The van der Waals surface area contributed by atoms with E-state index >= 15 is 0 Å². The lowest BCUT2D eigenvalue weighted by Crippen LogP contribution is -2.08. The maximum absolute atomic E-state index is 4.33. The second kappa shape index (κ2) is 4.77. The fourth-order valence-corrected chi connectivity index (χ4v) is 2.10. The van der Waals surface area contributed by atoms with E-state index < -0.39 is 0 Å². The quantitative estimate of drug-likeness (QED) is 0.887. The minimum Gasteiger partial charge on any atom is -0.363 e. The Hall–Kier alpha value is -1.90. The van der Waals surface area contributed by atoms with Gasteiger partial charge in [-0.25, -0.2) is 9.97 Å². The Morgan fingerprint density at radius 2 is 1.94 bits per heavy atom. The molecule has 18 heavy (non-hydrogen) atoms. The molecule has 3 nitrogen and oxygen atoms in total. The molecule has 1 saturated carbocycles. The summed E-state index contributed by atoms with van der Waals surface area (Å²) in [6.07, 6.45) is 4.20. The molecule has 0 aliphatic heterocycles. The van der Waals surface area contributed by atoms with E-state index in [2.05, 4.69) is 52.5 Å². The van der Waals surface area contributed by atoms with Gasteiger partial charge in [0.25, 0.3) is 0 Å². The minimum atomic E-state index is 0.258. The number of benzene rings is 1. The van der Waals surface area contributed by atoms with Crippen LogP contribution in [0.15, 0.2) is 42.7 Å². The van der Waals surface area contributed by atoms with Crippen LogP contribution in [-0.4, -0.2) is 9.97 Å². The zero-order chi connectivity index (χ0) is 12.4. The van der Waals surface area contributed by atoms with Gasteiger partial charge in [0.2, 0.25) is 0 Å². The molecule has 1 aliphatic rings. The molecule has 3 rings (SSSR count). The molecule has 92 valence electrons. The van der Waals surface area contributed by atoms with Crippen molar-refractivity contribution < 1.29 is 0 Å². The summed E-state index contributed by atoms with van der Waals surface area (Å²) >= 11 is 0. The van der Waals surface area contributed by atoms with Crippen LogP contribution in [0.25, 0.3) is 0 Å². The van der Waals surface area contributed by atoms with Crippen molar-refractivity contribution in [3.8, 4) is 0 Å². The van der Waals surface area contributed by atoms with Crippen LogP contribution in [-0.2, 0) is 0 Å². The Morgan fingerprint density at radius 1 is 1.17 bits per heavy atom. The summed E-state index contributed by atoms with van der Waals surface area (Å²) in [7, 11) is 0. The number of nitrogens with zero attached hydrogens (tertiary/aromatic N) is 2. The van der Waals surface area contributed by atoms with Gasteiger partial charge in [0, 0.05) is 23.7 Å².